The van der Waals surface area contributed by atoms with Crippen LogP contribution >= 0.6 is 22.9 Å². The van der Waals surface area contributed by atoms with Crippen molar-refractivity contribution in [3.05, 3.63) is 64.1 Å². The summed E-state index contributed by atoms with van der Waals surface area (Å²) in [5, 5.41) is 12.7. The number of ether oxygens (including phenoxy) is 1. The van der Waals surface area contributed by atoms with Crippen LogP contribution in [0.1, 0.15) is 62.1 Å². The topological polar surface area (TPSA) is 165 Å². The van der Waals surface area contributed by atoms with Gasteiger partial charge in [-0.3, -0.25) is 19.2 Å². The standard InChI is InChI=1S/C35H43ClN6O5S/c1-3-25(22-10-6-5-7-11-22)40-33(44)27(12-8-9-17-37)41-35(46)32(23-15-18-47-19-16-23)42-34(45)28(38-30(43)4-2)21-31-39-26-14-13-24(36)20-29(26)48-31/h1,5-7,10-11,13-14,20,23,25,27-28,32H,4,8-9,12,15-19,21,37H2,2H3,(H,38,43)(H,40,44)(H,41,46)(H,42,45)/t25-,27+,28+,32+/m1/s1. The first-order valence-electron chi connectivity index (χ1n) is 16.3. The molecule has 0 spiro atoms. The number of unbranched alkanes of at least 4 members (excludes halogenated alkanes) is 1. The molecule has 256 valence electrons. The van der Waals surface area contributed by atoms with Crippen LogP contribution in [0, 0.1) is 18.3 Å². The van der Waals surface area contributed by atoms with Crippen molar-refractivity contribution >= 4 is 56.8 Å². The third-order valence-corrected chi connectivity index (χ3v) is 9.51. The molecule has 0 unspecified atom stereocenters. The fourth-order valence-electron chi connectivity index (χ4n) is 5.55. The van der Waals surface area contributed by atoms with Gasteiger partial charge in [-0.05, 0) is 68.3 Å². The predicted molar refractivity (Wildman–Crippen MR) is 187 cm³/mol. The maximum absolute atomic E-state index is 14.0. The van der Waals surface area contributed by atoms with Crippen LogP contribution in [-0.4, -0.2) is 66.5 Å². The lowest BCUT2D eigenvalue weighted by Gasteiger charge is -2.32. The van der Waals surface area contributed by atoms with E-state index < -0.39 is 41.9 Å². The van der Waals surface area contributed by atoms with E-state index in [0.717, 1.165) is 15.8 Å². The zero-order valence-corrected chi connectivity index (χ0v) is 28.6. The lowest BCUT2D eigenvalue weighted by Crippen LogP contribution is -2.59. The molecular weight excluding hydrogens is 652 g/mol. The normalized spacial score (nSPS) is 15.8. The number of hydrogen-bond acceptors (Lipinski definition) is 8. The molecule has 2 aromatic carbocycles. The van der Waals surface area contributed by atoms with Crippen molar-refractivity contribution in [2.45, 2.75) is 76.0 Å². The summed E-state index contributed by atoms with van der Waals surface area (Å²) < 4.78 is 6.39. The number of rotatable bonds is 16. The summed E-state index contributed by atoms with van der Waals surface area (Å²) in [6.07, 6.45) is 8.69. The minimum Gasteiger partial charge on any atom is -0.381 e. The van der Waals surface area contributed by atoms with E-state index >= 15 is 0 Å². The van der Waals surface area contributed by atoms with Gasteiger partial charge in [0.1, 0.15) is 24.2 Å². The average molecular weight is 695 g/mol. The summed E-state index contributed by atoms with van der Waals surface area (Å²) in [5.41, 5.74) is 7.19. The number of carbonyl (C=O) groups excluding carboxylic acids is 4. The lowest BCUT2D eigenvalue weighted by molar-refractivity contribution is -0.135. The van der Waals surface area contributed by atoms with Crippen molar-refractivity contribution < 1.29 is 23.9 Å². The van der Waals surface area contributed by atoms with Crippen molar-refractivity contribution in [3.8, 4) is 12.3 Å². The molecule has 2 heterocycles. The minimum atomic E-state index is -0.991. The fourth-order valence-corrected chi connectivity index (χ4v) is 6.84. The van der Waals surface area contributed by atoms with Gasteiger partial charge >= 0.3 is 0 Å². The van der Waals surface area contributed by atoms with Crippen molar-refractivity contribution in [1.29, 1.82) is 0 Å². The Balaban J connectivity index is 1.54. The summed E-state index contributed by atoms with van der Waals surface area (Å²) in [6.45, 7) is 2.99. The van der Waals surface area contributed by atoms with Gasteiger partial charge in [-0.2, -0.15) is 0 Å². The molecule has 4 amide bonds. The Kier molecular flexibility index (Phi) is 14.2. The Bertz CT molecular complexity index is 1590. The van der Waals surface area contributed by atoms with Crippen molar-refractivity contribution in [3.63, 3.8) is 0 Å². The summed E-state index contributed by atoms with van der Waals surface area (Å²) >= 11 is 7.54. The van der Waals surface area contributed by atoms with E-state index in [1.807, 2.05) is 30.3 Å². The van der Waals surface area contributed by atoms with Crippen LogP contribution in [-0.2, 0) is 30.3 Å². The van der Waals surface area contributed by atoms with Crippen LogP contribution in [0.15, 0.2) is 48.5 Å². The second-order valence-corrected chi connectivity index (χ2v) is 13.2. The van der Waals surface area contributed by atoms with E-state index in [0.29, 0.717) is 61.9 Å². The number of fused-ring (bicyclic) bond motifs is 1. The maximum Gasteiger partial charge on any atom is 0.243 e. The Morgan fingerprint density at radius 2 is 1.73 bits per heavy atom. The van der Waals surface area contributed by atoms with Gasteiger partial charge in [0.2, 0.25) is 23.6 Å². The van der Waals surface area contributed by atoms with Gasteiger partial charge in [-0.25, -0.2) is 4.98 Å². The van der Waals surface area contributed by atoms with Gasteiger partial charge < -0.3 is 31.7 Å². The second-order valence-electron chi connectivity index (χ2n) is 11.7. The van der Waals surface area contributed by atoms with Crippen LogP contribution in [0.2, 0.25) is 5.02 Å². The highest BCUT2D eigenvalue weighted by molar-refractivity contribution is 7.18. The van der Waals surface area contributed by atoms with Gasteiger partial charge in [0, 0.05) is 31.1 Å². The third kappa shape index (κ3) is 10.5. The zero-order chi connectivity index (χ0) is 34.5. The highest BCUT2D eigenvalue weighted by atomic mass is 35.5. The Hall–Kier alpha value is -4.02. The number of carbonyl (C=O) groups is 4. The molecule has 0 radical (unpaired) electrons. The maximum atomic E-state index is 14.0. The molecule has 6 N–H and O–H groups in total. The molecule has 4 rings (SSSR count). The Morgan fingerprint density at radius 3 is 2.42 bits per heavy atom. The number of nitrogens with one attached hydrogen (secondary N) is 4. The number of halogens is 1. The van der Waals surface area contributed by atoms with E-state index in [4.69, 9.17) is 28.5 Å². The number of nitrogens with zero attached hydrogens (tertiary/aromatic N) is 1. The molecule has 1 aliphatic heterocycles. The van der Waals surface area contributed by atoms with E-state index in [2.05, 4.69) is 32.2 Å². The molecule has 0 bridgehead atoms. The second kappa shape index (κ2) is 18.5. The number of aromatic nitrogens is 1. The molecule has 0 saturated carbocycles. The number of hydrogen-bond donors (Lipinski definition) is 5. The molecule has 1 fully saturated rings. The highest BCUT2D eigenvalue weighted by Gasteiger charge is 2.36. The fraction of sp³-hybridized carbons (Fsp3) is 0.457. The predicted octanol–water partition coefficient (Wildman–Crippen LogP) is 3.40. The molecule has 1 aliphatic rings. The monoisotopic (exact) mass is 694 g/mol. The summed E-state index contributed by atoms with van der Waals surface area (Å²) in [7, 11) is 0. The Morgan fingerprint density at radius 1 is 1.00 bits per heavy atom. The van der Waals surface area contributed by atoms with E-state index in [9.17, 15) is 19.2 Å². The van der Waals surface area contributed by atoms with Crippen molar-refractivity contribution in [1.82, 2.24) is 26.3 Å². The van der Waals surface area contributed by atoms with Gasteiger partial charge in [0.15, 0.2) is 0 Å². The number of terminal acetylenes is 1. The third-order valence-electron chi connectivity index (χ3n) is 8.23. The van der Waals surface area contributed by atoms with E-state index in [-0.39, 0.29) is 24.7 Å². The summed E-state index contributed by atoms with van der Waals surface area (Å²) in [4.78, 5) is 58.7. The molecule has 48 heavy (non-hydrogen) atoms. The number of nitrogens with two attached hydrogens (primary N) is 1. The van der Waals surface area contributed by atoms with Gasteiger partial charge in [-0.15, -0.1) is 17.8 Å². The largest absolute Gasteiger partial charge is 0.381 e. The first kappa shape index (κ1) is 36.8. The molecular formula is C35H43ClN6O5S. The first-order chi connectivity index (χ1) is 23.2. The molecule has 4 atom stereocenters. The smallest absolute Gasteiger partial charge is 0.243 e. The molecule has 11 nitrogen and oxygen atoms in total. The highest BCUT2D eigenvalue weighted by Crippen LogP contribution is 2.26. The molecule has 13 heteroatoms. The van der Waals surface area contributed by atoms with Crippen LogP contribution < -0.4 is 27.0 Å². The van der Waals surface area contributed by atoms with Crippen LogP contribution in [0.4, 0.5) is 0 Å². The summed E-state index contributed by atoms with van der Waals surface area (Å²) in [6, 6.07) is 10.9. The molecule has 0 aliphatic carbocycles. The number of benzene rings is 2. The zero-order valence-electron chi connectivity index (χ0n) is 27.0. The first-order valence-corrected chi connectivity index (χ1v) is 17.5. The quantitative estimate of drug-likeness (QED) is 0.113. The molecule has 1 saturated heterocycles. The Labute approximate surface area is 290 Å². The van der Waals surface area contributed by atoms with Gasteiger partial charge in [0.25, 0.3) is 0 Å². The van der Waals surface area contributed by atoms with Gasteiger partial charge in [0.05, 0.1) is 15.2 Å². The average Bonchev–Trinajstić information content (AvgIpc) is 3.50. The summed E-state index contributed by atoms with van der Waals surface area (Å²) in [5.74, 6) is 0.566. The van der Waals surface area contributed by atoms with Crippen molar-refractivity contribution in [2.24, 2.45) is 11.7 Å². The van der Waals surface area contributed by atoms with Crippen molar-refractivity contribution in [2.75, 3.05) is 19.8 Å². The molecule has 1 aromatic heterocycles. The number of thiazole rings is 1. The van der Waals surface area contributed by atoms with E-state index in [1.165, 1.54) is 11.3 Å². The van der Waals surface area contributed by atoms with E-state index in [1.54, 1.807) is 25.1 Å². The van der Waals surface area contributed by atoms with Gasteiger partial charge in [-0.1, -0.05) is 54.8 Å². The minimum absolute atomic E-state index is 0.119. The molecule has 3 aromatic rings. The van der Waals surface area contributed by atoms with Crippen LogP contribution in [0.5, 0.6) is 0 Å². The SMILES string of the molecule is C#C[C@@H](NC(=O)[C@H](CCCCN)NC(=O)[C@@H](NC(=O)[C@H](Cc1nc2ccc(Cl)cc2s1)NC(=O)CC)C1CCOCC1)c1ccccc1. The number of amides is 4. The van der Waals surface area contributed by atoms with Crippen LogP contribution in [0.25, 0.3) is 10.2 Å². The van der Waals surface area contributed by atoms with Crippen LogP contribution in [0.3, 0.4) is 0 Å². The lowest BCUT2D eigenvalue weighted by atomic mass is 9.90.